The molecule has 0 amide bonds. The van der Waals surface area contributed by atoms with Crippen LogP contribution in [0.15, 0.2) is 34.8 Å². The maximum Gasteiger partial charge on any atom is 0.199 e. The highest BCUT2D eigenvalue weighted by atomic mass is 79.9. The first kappa shape index (κ1) is 15.4. The molecule has 0 spiro atoms. The number of benzene rings is 2. The summed E-state index contributed by atoms with van der Waals surface area (Å²) in [5, 5.41) is 0. The molecule has 0 N–H and O–H groups in total. The summed E-state index contributed by atoms with van der Waals surface area (Å²) < 4.78 is 38.1. The largest absolute Gasteiger partial charge is 0.493 e. The molecule has 0 saturated heterocycles. The van der Waals surface area contributed by atoms with Crippen LogP contribution in [0.2, 0.25) is 0 Å². The molecule has 2 aromatic rings. The van der Waals surface area contributed by atoms with E-state index in [9.17, 15) is 13.6 Å². The molecule has 0 aliphatic rings. The smallest absolute Gasteiger partial charge is 0.199 e. The van der Waals surface area contributed by atoms with Gasteiger partial charge in [-0.1, -0.05) is 6.07 Å². The van der Waals surface area contributed by atoms with Gasteiger partial charge in [-0.3, -0.25) is 4.79 Å². The Bertz CT molecular complexity index is 702. The molecule has 0 radical (unpaired) electrons. The molecule has 6 heteroatoms. The number of hydrogen-bond donors (Lipinski definition) is 0. The highest BCUT2D eigenvalue weighted by molar-refractivity contribution is 9.10. The van der Waals surface area contributed by atoms with E-state index in [-0.39, 0.29) is 27.1 Å². The minimum absolute atomic E-state index is 0.134. The van der Waals surface area contributed by atoms with E-state index in [1.165, 1.54) is 38.5 Å². The molecule has 0 heterocycles. The molecule has 3 nitrogen and oxygen atoms in total. The van der Waals surface area contributed by atoms with Crippen molar-refractivity contribution in [2.45, 2.75) is 0 Å². The molecule has 0 unspecified atom stereocenters. The van der Waals surface area contributed by atoms with E-state index in [2.05, 4.69) is 15.9 Å². The first-order valence-corrected chi connectivity index (χ1v) is 6.69. The van der Waals surface area contributed by atoms with Gasteiger partial charge in [0.1, 0.15) is 11.6 Å². The first-order chi connectivity index (χ1) is 9.99. The number of ether oxygens (including phenoxy) is 2. The lowest BCUT2D eigenvalue weighted by molar-refractivity contribution is 0.103. The van der Waals surface area contributed by atoms with Gasteiger partial charge in [0.25, 0.3) is 0 Å². The molecular weight excluding hydrogens is 346 g/mol. The SMILES string of the molecule is COc1cc(F)c(C(=O)c2cccc(Br)c2F)cc1OC. The summed E-state index contributed by atoms with van der Waals surface area (Å²) in [6.45, 7) is 0. The van der Waals surface area contributed by atoms with Crippen LogP contribution >= 0.6 is 15.9 Å². The third kappa shape index (κ3) is 2.90. The Morgan fingerprint density at radius 2 is 1.67 bits per heavy atom. The van der Waals surface area contributed by atoms with Gasteiger partial charge in [-0.2, -0.15) is 0 Å². The van der Waals surface area contributed by atoms with Crippen molar-refractivity contribution in [2.24, 2.45) is 0 Å². The minimum atomic E-state index is -0.808. The van der Waals surface area contributed by atoms with Crippen LogP contribution in [-0.4, -0.2) is 20.0 Å². The van der Waals surface area contributed by atoms with Crippen molar-refractivity contribution >= 4 is 21.7 Å². The van der Waals surface area contributed by atoms with Crippen LogP contribution in [0.5, 0.6) is 11.5 Å². The van der Waals surface area contributed by atoms with Crippen LogP contribution in [0.3, 0.4) is 0 Å². The van der Waals surface area contributed by atoms with Gasteiger partial charge in [-0.05, 0) is 34.1 Å². The van der Waals surface area contributed by atoms with Crippen LogP contribution in [0.25, 0.3) is 0 Å². The van der Waals surface area contributed by atoms with Crippen molar-refractivity contribution in [3.8, 4) is 11.5 Å². The standard InChI is InChI=1S/C15H11BrF2O3/c1-20-12-6-9(11(17)7-13(12)21-2)15(19)8-4-3-5-10(16)14(8)18/h3-7H,1-2H3. The summed E-state index contributed by atoms with van der Waals surface area (Å²) in [7, 11) is 2.72. The van der Waals surface area contributed by atoms with Crippen molar-refractivity contribution in [3.05, 3.63) is 57.6 Å². The maximum atomic E-state index is 14.0. The molecule has 0 fully saturated rings. The van der Waals surface area contributed by atoms with Crippen LogP contribution in [0, 0.1) is 11.6 Å². The highest BCUT2D eigenvalue weighted by Crippen LogP contribution is 2.31. The lowest BCUT2D eigenvalue weighted by atomic mass is 10.0. The van der Waals surface area contributed by atoms with E-state index in [1.54, 1.807) is 0 Å². The van der Waals surface area contributed by atoms with E-state index in [4.69, 9.17) is 9.47 Å². The minimum Gasteiger partial charge on any atom is -0.493 e. The molecule has 0 saturated carbocycles. The third-order valence-corrected chi connectivity index (χ3v) is 3.53. The number of halogens is 3. The van der Waals surface area contributed by atoms with Gasteiger partial charge in [0.05, 0.1) is 29.8 Å². The van der Waals surface area contributed by atoms with E-state index in [0.29, 0.717) is 0 Å². The number of hydrogen-bond acceptors (Lipinski definition) is 3. The molecule has 110 valence electrons. The maximum absolute atomic E-state index is 14.0. The lowest BCUT2D eigenvalue weighted by Crippen LogP contribution is -2.08. The summed E-state index contributed by atoms with van der Waals surface area (Å²) in [6, 6.07) is 6.47. The van der Waals surface area contributed by atoms with Gasteiger partial charge in [-0.15, -0.1) is 0 Å². The quantitative estimate of drug-likeness (QED) is 0.777. The molecular formula is C15H11BrF2O3. The normalized spacial score (nSPS) is 10.3. The molecule has 0 aliphatic heterocycles. The third-order valence-electron chi connectivity index (χ3n) is 2.91. The zero-order chi connectivity index (χ0) is 15.6. The van der Waals surface area contributed by atoms with Gasteiger partial charge in [-0.25, -0.2) is 8.78 Å². The van der Waals surface area contributed by atoms with Crippen molar-refractivity contribution in [1.82, 2.24) is 0 Å². The fourth-order valence-electron chi connectivity index (χ4n) is 1.85. The molecule has 0 aromatic heterocycles. The molecule has 0 aliphatic carbocycles. The Morgan fingerprint density at radius 3 is 2.29 bits per heavy atom. The topological polar surface area (TPSA) is 35.5 Å². The second-order valence-corrected chi connectivity index (χ2v) is 4.97. The predicted molar refractivity (Wildman–Crippen MR) is 77.0 cm³/mol. The summed E-state index contributed by atoms with van der Waals surface area (Å²) in [5.74, 6) is -1.97. The molecule has 2 aromatic carbocycles. The number of ketones is 1. The summed E-state index contributed by atoms with van der Waals surface area (Å²) >= 11 is 2.99. The second kappa shape index (κ2) is 6.22. The Kier molecular flexibility index (Phi) is 4.57. The average molecular weight is 357 g/mol. The summed E-state index contributed by atoms with van der Waals surface area (Å²) in [6.07, 6.45) is 0. The van der Waals surface area contributed by atoms with E-state index in [1.807, 2.05) is 0 Å². The number of carbonyl (C=O) groups is 1. The Hall–Kier alpha value is -1.95. The van der Waals surface area contributed by atoms with Gasteiger partial charge in [0.2, 0.25) is 0 Å². The summed E-state index contributed by atoms with van der Waals surface area (Å²) in [4.78, 5) is 12.3. The lowest BCUT2D eigenvalue weighted by Gasteiger charge is -2.11. The van der Waals surface area contributed by atoms with Crippen molar-refractivity contribution < 1.29 is 23.0 Å². The monoisotopic (exact) mass is 356 g/mol. The molecule has 0 atom stereocenters. The zero-order valence-corrected chi connectivity index (χ0v) is 12.8. The van der Waals surface area contributed by atoms with Crippen molar-refractivity contribution in [1.29, 1.82) is 0 Å². The fourth-order valence-corrected chi connectivity index (χ4v) is 2.22. The van der Waals surface area contributed by atoms with E-state index >= 15 is 0 Å². The predicted octanol–water partition coefficient (Wildman–Crippen LogP) is 3.98. The van der Waals surface area contributed by atoms with Gasteiger partial charge < -0.3 is 9.47 Å². The van der Waals surface area contributed by atoms with Crippen LogP contribution < -0.4 is 9.47 Å². The van der Waals surface area contributed by atoms with E-state index < -0.39 is 17.4 Å². The first-order valence-electron chi connectivity index (χ1n) is 5.89. The van der Waals surface area contributed by atoms with Crippen molar-refractivity contribution in [3.63, 3.8) is 0 Å². The summed E-state index contributed by atoms with van der Waals surface area (Å²) in [5.41, 5.74) is -0.514. The number of rotatable bonds is 4. The van der Waals surface area contributed by atoms with Crippen LogP contribution in [0.4, 0.5) is 8.78 Å². The molecule has 2 rings (SSSR count). The number of carbonyl (C=O) groups excluding carboxylic acids is 1. The van der Waals surface area contributed by atoms with Crippen LogP contribution in [-0.2, 0) is 0 Å². The molecule has 0 bridgehead atoms. The average Bonchev–Trinajstić information content (AvgIpc) is 2.49. The van der Waals surface area contributed by atoms with Crippen LogP contribution in [0.1, 0.15) is 15.9 Å². The molecule has 21 heavy (non-hydrogen) atoms. The zero-order valence-electron chi connectivity index (χ0n) is 11.2. The van der Waals surface area contributed by atoms with Gasteiger partial charge in [0.15, 0.2) is 17.3 Å². The highest BCUT2D eigenvalue weighted by Gasteiger charge is 2.21. The number of methoxy groups -OCH3 is 2. The second-order valence-electron chi connectivity index (χ2n) is 4.12. The van der Waals surface area contributed by atoms with Gasteiger partial charge >= 0.3 is 0 Å². The van der Waals surface area contributed by atoms with Crippen molar-refractivity contribution in [2.75, 3.05) is 14.2 Å². The Balaban J connectivity index is 2.56. The Labute approximate surface area is 128 Å². The van der Waals surface area contributed by atoms with Gasteiger partial charge in [0, 0.05) is 6.07 Å². The fraction of sp³-hybridized carbons (Fsp3) is 0.133. The Morgan fingerprint density at radius 1 is 1.05 bits per heavy atom. The van der Waals surface area contributed by atoms with E-state index in [0.717, 1.165) is 6.07 Å².